The minimum atomic E-state index is -4.63. The van der Waals surface area contributed by atoms with Gasteiger partial charge in [-0.05, 0) is 100 Å². The second kappa shape index (κ2) is 14.6. The number of carbonyl (C=O) groups excluding carboxylic acids is 1. The summed E-state index contributed by atoms with van der Waals surface area (Å²) in [7, 11) is 0. The fourth-order valence-corrected chi connectivity index (χ4v) is 6.83. The second-order valence-electron chi connectivity index (χ2n) is 15.8. The molecule has 1 aliphatic heterocycles. The van der Waals surface area contributed by atoms with Gasteiger partial charge in [-0.2, -0.15) is 13.2 Å². The number of ether oxygens (including phenoxy) is 1. The van der Waals surface area contributed by atoms with Crippen LogP contribution in [0.1, 0.15) is 127 Å². The van der Waals surface area contributed by atoms with Gasteiger partial charge < -0.3 is 4.74 Å². The van der Waals surface area contributed by atoms with Gasteiger partial charge in [-0.25, -0.2) is 0 Å². The molecule has 47 heavy (non-hydrogen) atoms. The van der Waals surface area contributed by atoms with Gasteiger partial charge in [0, 0.05) is 13.1 Å². The Balaban J connectivity index is 1.84. The van der Waals surface area contributed by atoms with Gasteiger partial charge in [0.25, 0.3) is 0 Å². The van der Waals surface area contributed by atoms with Crippen LogP contribution in [0.5, 0.6) is 0 Å². The van der Waals surface area contributed by atoms with Gasteiger partial charge in [0.2, 0.25) is 0 Å². The number of hydrogen-bond donors (Lipinski definition) is 0. The number of piperidine rings is 1. The third-order valence-electron chi connectivity index (χ3n) is 9.32. The van der Waals surface area contributed by atoms with Gasteiger partial charge in [0.1, 0.15) is 0 Å². The largest absolute Gasteiger partial charge is 0.466 e. The lowest BCUT2D eigenvalue weighted by atomic mass is 9.78. The Morgan fingerprint density at radius 1 is 0.894 bits per heavy atom. The summed E-state index contributed by atoms with van der Waals surface area (Å²) in [5, 5.41) is 0. The maximum Gasteiger partial charge on any atom is 0.416 e. The van der Waals surface area contributed by atoms with E-state index in [1.165, 1.54) is 16.7 Å². The molecule has 0 bridgehead atoms. The van der Waals surface area contributed by atoms with Gasteiger partial charge in [0.15, 0.2) is 0 Å². The number of nitrogens with zero attached hydrogens (tertiary/aromatic N) is 1. The summed E-state index contributed by atoms with van der Waals surface area (Å²) in [5.74, 6) is -1.94. The molecule has 1 saturated heterocycles. The van der Waals surface area contributed by atoms with Crippen molar-refractivity contribution in [3.8, 4) is 11.1 Å². The molecule has 0 amide bonds. The highest BCUT2D eigenvalue weighted by molar-refractivity contribution is 5.80. The average molecular weight is 650 g/mol. The molecule has 3 aromatic carbocycles. The molecule has 0 aromatic heterocycles. The number of hydrogen-bond acceptors (Lipinski definition) is 3. The highest BCUT2D eigenvalue weighted by Crippen LogP contribution is 2.46. The normalized spacial score (nSPS) is 17.2. The molecule has 2 unspecified atom stereocenters. The molecular formula is C41H54F3NO2. The predicted octanol–water partition coefficient (Wildman–Crippen LogP) is 11.0. The highest BCUT2D eigenvalue weighted by Gasteiger charge is 2.42. The molecule has 0 spiro atoms. The Labute approximate surface area is 280 Å². The van der Waals surface area contributed by atoms with Crippen LogP contribution in [0, 0.1) is 5.92 Å². The van der Waals surface area contributed by atoms with Crippen molar-refractivity contribution < 1.29 is 22.7 Å². The number of halogens is 3. The predicted molar refractivity (Wildman–Crippen MR) is 187 cm³/mol. The monoisotopic (exact) mass is 649 g/mol. The fraction of sp³-hybridized carbons (Fsp3) is 0.537. The minimum Gasteiger partial charge on any atom is -0.466 e. The van der Waals surface area contributed by atoms with E-state index in [1.54, 1.807) is 19.1 Å². The van der Waals surface area contributed by atoms with Crippen molar-refractivity contribution in [2.24, 2.45) is 5.92 Å². The molecule has 0 N–H and O–H groups in total. The van der Waals surface area contributed by atoms with E-state index in [2.05, 4.69) is 64.6 Å². The quantitative estimate of drug-likeness (QED) is 0.216. The van der Waals surface area contributed by atoms with E-state index in [0.717, 1.165) is 18.5 Å². The maximum absolute atomic E-state index is 15.3. The lowest BCUT2D eigenvalue weighted by Crippen LogP contribution is -2.35. The van der Waals surface area contributed by atoms with E-state index in [-0.39, 0.29) is 46.8 Å². The van der Waals surface area contributed by atoms with E-state index in [9.17, 15) is 4.79 Å². The van der Waals surface area contributed by atoms with Crippen LogP contribution in [0.25, 0.3) is 11.1 Å². The molecule has 3 nitrogen and oxygen atoms in total. The number of carbonyl (C=O) groups is 1. The van der Waals surface area contributed by atoms with Gasteiger partial charge in [-0.1, -0.05) is 110 Å². The first-order valence-electron chi connectivity index (χ1n) is 17.2. The van der Waals surface area contributed by atoms with Gasteiger partial charge in [-0.3, -0.25) is 9.69 Å². The van der Waals surface area contributed by atoms with Crippen LogP contribution < -0.4 is 0 Å². The van der Waals surface area contributed by atoms with Crippen LogP contribution in [0.4, 0.5) is 13.2 Å². The van der Waals surface area contributed by atoms with Crippen LogP contribution in [-0.2, 0) is 33.1 Å². The first-order valence-corrected chi connectivity index (χ1v) is 17.2. The molecular weight excluding hydrogens is 595 g/mol. The fourth-order valence-electron chi connectivity index (χ4n) is 6.83. The number of alkyl halides is 3. The molecule has 4 rings (SSSR count). The first-order chi connectivity index (χ1) is 21.9. The molecule has 2 atom stereocenters. The van der Waals surface area contributed by atoms with E-state index in [0.29, 0.717) is 25.1 Å². The number of rotatable bonds is 9. The number of likely N-dealkylation sites (tertiary alicyclic amines) is 1. The highest BCUT2D eigenvalue weighted by atomic mass is 19.4. The Morgan fingerprint density at radius 2 is 1.51 bits per heavy atom. The Morgan fingerprint density at radius 3 is 2.04 bits per heavy atom. The molecule has 1 heterocycles. The van der Waals surface area contributed by atoms with Gasteiger partial charge in [-0.15, -0.1) is 0 Å². The van der Waals surface area contributed by atoms with Crippen molar-refractivity contribution in [1.29, 1.82) is 0 Å². The topological polar surface area (TPSA) is 29.5 Å². The average Bonchev–Trinajstić information content (AvgIpc) is 2.98. The van der Waals surface area contributed by atoms with Crippen LogP contribution >= 0.6 is 0 Å². The molecule has 256 valence electrons. The van der Waals surface area contributed by atoms with Crippen LogP contribution in [-0.4, -0.2) is 30.6 Å². The Kier molecular flexibility index (Phi) is 11.4. The van der Waals surface area contributed by atoms with E-state index in [4.69, 9.17) is 4.74 Å². The zero-order valence-electron chi connectivity index (χ0n) is 29.9. The lowest BCUT2D eigenvalue weighted by Gasteiger charge is -2.36. The standard InChI is InChI=1S/C41H54F3NO2/c1-10-47-38(46)36(19-27(2)3)35-23-31(29-15-12-11-13-16-29)22-34(37(35)41(42,43)44)30-17-14-18-45(26-30)25-28-20-32(39(4,5)6)24-33(21-28)40(7,8)9/h11-13,15-16,20-24,27,30,36H,10,14,17-19,25-26H2,1-9H3. The zero-order valence-corrected chi connectivity index (χ0v) is 29.9. The van der Waals surface area contributed by atoms with Crippen molar-refractivity contribution in [3.05, 3.63) is 94.0 Å². The summed E-state index contributed by atoms with van der Waals surface area (Å²) in [6.45, 7) is 21.0. The van der Waals surface area contributed by atoms with Crippen LogP contribution in [0.15, 0.2) is 60.7 Å². The van der Waals surface area contributed by atoms with E-state index in [1.807, 2.05) is 44.2 Å². The third kappa shape index (κ3) is 9.28. The van der Waals surface area contributed by atoms with Crippen molar-refractivity contribution in [3.63, 3.8) is 0 Å². The van der Waals surface area contributed by atoms with Crippen LogP contribution in [0.3, 0.4) is 0 Å². The summed E-state index contributed by atoms with van der Waals surface area (Å²) in [5.41, 5.74) is 4.87. The van der Waals surface area contributed by atoms with Crippen LogP contribution in [0.2, 0.25) is 0 Å². The van der Waals surface area contributed by atoms with Gasteiger partial charge >= 0.3 is 12.1 Å². The minimum absolute atomic E-state index is 0.00124. The molecule has 3 aromatic rings. The molecule has 1 fully saturated rings. The van der Waals surface area contributed by atoms with Crippen molar-refractivity contribution in [1.82, 2.24) is 4.90 Å². The van der Waals surface area contributed by atoms with Crippen molar-refractivity contribution >= 4 is 5.97 Å². The molecule has 0 saturated carbocycles. The van der Waals surface area contributed by atoms with Gasteiger partial charge in [0.05, 0.1) is 18.1 Å². The molecule has 0 aliphatic carbocycles. The van der Waals surface area contributed by atoms with E-state index >= 15 is 13.2 Å². The number of benzene rings is 3. The Hall–Kier alpha value is -3.12. The Bertz CT molecular complexity index is 1480. The second-order valence-corrected chi connectivity index (χ2v) is 15.8. The van der Waals surface area contributed by atoms with Crippen molar-refractivity contribution in [2.45, 2.75) is 117 Å². The SMILES string of the molecule is CCOC(=O)C(CC(C)C)c1cc(-c2ccccc2)cc(C2CCCN(Cc3cc(C(C)(C)C)cc(C(C)(C)C)c3)C2)c1C(F)(F)F. The van der Waals surface area contributed by atoms with E-state index < -0.39 is 23.6 Å². The third-order valence-corrected chi connectivity index (χ3v) is 9.32. The summed E-state index contributed by atoms with van der Waals surface area (Å²) in [6, 6.07) is 19.7. The summed E-state index contributed by atoms with van der Waals surface area (Å²) < 4.78 is 51.4. The first kappa shape index (κ1) is 36.7. The summed E-state index contributed by atoms with van der Waals surface area (Å²) in [6.07, 6.45) is -2.91. The van der Waals surface area contributed by atoms with Crippen molar-refractivity contribution in [2.75, 3.05) is 19.7 Å². The smallest absolute Gasteiger partial charge is 0.416 e. The summed E-state index contributed by atoms with van der Waals surface area (Å²) >= 11 is 0. The zero-order chi connectivity index (χ0) is 34.7. The lowest BCUT2D eigenvalue weighted by molar-refractivity contribution is -0.146. The number of esters is 1. The summed E-state index contributed by atoms with van der Waals surface area (Å²) in [4.78, 5) is 15.7. The molecule has 1 aliphatic rings. The molecule has 0 radical (unpaired) electrons. The maximum atomic E-state index is 15.3. The molecule has 6 heteroatoms.